The molecule has 0 radical (unpaired) electrons. The fraction of sp³-hybridized carbons (Fsp3) is 0.417. The summed E-state index contributed by atoms with van der Waals surface area (Å²) in [6, 6.07) is 4.27. The normalized spacial score (nSPS) is 10.9. The average Bonchev–Trinajstić information content (AvgIpc) is 2.87. The van der Waals surface area contributed by atoms with E-state index < -0.39 is 0 Å². The van der Waals surface area contributed by atoms with E-state index in [1.807, 2.05) is 23.1 Å². The summed E-state index contributed by atoms with van der Waals surface area (Å²) in [6.45, 7) is 3.92. The van der Waals surface area contributed by atoms with Crippen molar-refractivity contribution in [2.24, 2.45) is 0 Å². The molecule has 0 spiro atoms. The molecule has 0 amide bonds. The predicted octanol–water partition coefficient (Wildman–Crippen LogP) is 2.22. The molecule has 4 heteroatoms. The summed E-state index contributed by atoms with van der Waals surface area (Å²) in [6.07, 6.45) is 3.21. The van der Waals surface area contributed by atoms with Gasteiger partial charge in [0.15, 0.2) is 0 Å². The van der Waals surface area contributed by atoms with Gasteiger partial charge in [0.1, 0.15) is 0 Å². The zero-order chi connectivity index (χ0) is 11.4. The van der Waals surface area contributed by atoms with Crippen LogP contribution in [0.25, 0.3) is 0 Å². The van der Waals surface area contributed by atoms with Crippen LogP contribution in [0.1, 0.15) is 16.1 Å². The summed E-state index contributed by atoms with van der Waals surface area (Å²) in [5, 5.41) is 9.79. The lowest BCUT2D eigenvalue weighted by molar-refractivity contribution is 0.613. The lowest BCUT2D eigenvalue weighted by Gasteiger charge is -1.98. The summed E-state index contributed by atoms with van der Waals surface area (Å²) < 4.78 is 2.04. The van der Waals surface area contributed by atoms with E-state index in [0.29, 0.717) is 0 Å². The number of thiophene rings is 1. The third-order valence-electron chi connectivity index (χ3n) is 2.58. The molecule has 2 aromatic rings. The topological polar surface area (TPSA) is 29.9 Å². The molecule has 0 bridgehead atoms. The highest BCUT2D eigenvalue weighted by Crippen LogP contribution is 2.11. The molecule has 2 rings (SSSR count). The molecule has 0 saturated heterocycles. The Morgan fingerprint density at radius 2 is 2.38 bits per heavy atom. The van der Waals surface area contributed by atoms with E-state index in [0.717, 1.165) is 25.2 Å². The van der Waals surface area contributed by atoms with Crippen LogP contribution < -0.4 is 5.32 Å². The van der Waals surface area contributed by atoms with E-state index in [9.17, 15) is 0 Å². The number of aryl methyl sites for hydroxylation is 3. The van der Waals surface area contributed by atoms with E-state index in [1.165, 1.54) is 10.4 Å². The highest BCUT2D eigenvalue weighted by Gasteiger charge is 2.03. The summed E-state index contributed by atoms with van der Waals surface area (Å²) in [5.41, 5.74) is 2.41. The van der Waals surface area contributed by atoms with Gasteiger partial charge in [-0.15, -0.1) is 11.3 Å². The Bertz CT molecular complexity index is 431. The standard InChI is InChI=1S/C12H17N3S/c1-10-11(8-13-2)9-15(14-10)6-5-12-4-3-7-16-12/h3-4,7,9,13H,5-6,8H2,1-2H3. The maximum Gasteiger partial charge on any atom is 0.0638 e. The zero-order valence-corrected chi connectivity index (χ0v) is 10.5. The molecule has 0 aliphatic heterocycles. The smallest absolute Gasteiger partial charge is 0.0638 e. The summed E-state index contributed by atoms with van der Waals surface area (Å²) in [5.74, 6) is 0. The van der Waals surface area contributed by atoms with Gasteiger partial charge in [-0.2, -0.15) is 5.10 Å². The minimum absolute atomic E-state index is 0.894. The van der Waals surface area contributed by atoms with Crippen LogP contribution >= 0.6 is 11.3 Å². The molecular weight excluding hydrogens is 218 g/mol. The molecule has 0 aromatic carbocycles. The first-order valence-electron chi connectivity index (χ1n) is 5.49. The van der Waals surface area contributed by atoms with Gasteiger partial charge < -0.3 is 5.32 Å². The lowest BCUT2D eigenvalue weighted by atomic mass is 10.3. The van der Waals surface area contributed by atoms with Crippen molar-refractivity contribution in [2.45, 2.75) is 26.4 Å². The van der Waals surface area contributed by atoms with Gasteiger partial charge in [0, 0.05) is 36.1 Å². The second-order valence-corrected chi connectivity index (χ2v) is 4.89. The van der Waals surface area contributed by atoms with Crippen molar-refractivity contribution < 1.29 is 0 Å². The van der Waals surface area contributed by atoms with Crippen molar-refractivity contribution >= 4 is 11.3 Å². The van der Waals surface area contributed by atoms with Crippen molar-refractivity contribution in [1.29, 1.82) is 0 Å². The fourth-order valence-electron chi connectivity index (χ4n) is 1.72. The first kappa shape index (κ1) is 11.4. The van der Waals surface area contributed by atoms with Crippen LogP contribution in [-0.4, -0.2) is 16.8 Å². The molecule has 86 valence electrons. The van der Waals surface area contributed by atoms with Gasteiger partial charge in [0.05, 0.1) is 5.69 Å². The molecule has 16 heavy (non-hydrogen) atoms. The van der Waals surface area contributed by atoms with Gasteiger partial charge in [-0.3, -0.25) is 4.68 Å². The molecule has 0 saturated carbocycles. The third-order valence-corrected chi connectivity index (χ3v) is 3.52. The number of hydrogen-bond acceptors (Lipinski definition) is 3. The van der Waals surface area contributed by atoms with Crippen LogP contribution in [0.4, 0.5) is 0 Å². The van der Waals surface area contributed by atoms with Crippen LogP contribution in [0.5, 0.6) is 0 Å². The second kappa shape index (κ2) is 5.27. The van der Waals surface area contributed by atoms with Gasteiger partial charge >= 0.3 is 0 Å². The van der Waals surface area contributed by atoms with Crippen molar-refractivity contribution in [1.82, 2.24) is 15.1 Å². The molecule has 0 unspecified atom stereocenters. The second-order valence-electron chi connectivity index (χ2n) is 3.86. The van der Waals surface area contributed by atoms with E-state index in [1.54, 1.807) is 0 Å². The van der Waals surface area contributed by atoms with Crippen LogP contribution in [0.15, 0.2) is 23.7 Å². The Morgan fingerprint density at radius 1 is 1.50 bits per heavy atom. The molecule has 0 aliphatic rings. The van der Waals surface area contributed by atoms with Crippen molar-refractivity contribution in [3.63, 3.8) is 0 Å². The minimum Gasteiger partial charge on any atom is -0.316 e. The molecule has 2 heterocycles. The van der Waals surface area contributed by atoms with Crippen molar-refractivity contribution in [2.75, 3.05) is 7.05 Å². The quantitative estimate of drug-likeness (QED) is 0.861. The van der Waals surface area contributed by atoms with Gasteiger partial charge in [0.2, 0.25) is 0 Å². The molecule has 0 atom stereocenters. The van der Waals surface area contributed by atoms with Crippen LogP contribution in [-0.2, 0) is 19.5 Å². The van der Waals surface area contributed by atoms with Gasteiger partial charge in [-0.05, 0) is 25.4 Å². The first-order valence-corrected chi connectivity index (χ1v) is 6.37. The van der Waals surface area contributed by atoms with Crippen LogP contribution in [0, 0.1) is 6.92 Å². The highest BCUT2D eigenvalue weighted by molar-refractivity contribution is 7.09. The Kier molecular flexibility index (Phi) is 3.74. The summed E-state index contributed by atoms with van der Waals surface area (Å²) >= 11 is 1.81. The maximum absolute atomic E-state index is 4.51. The Labute approximate surface area is 100 Å². The Morgan fingerprint density at radius 3 is 3.06 bits per heavy atom. The van der Waals surface area contributed by atoms with Gasteiger partial charge in [0.25, 0.3) is 0 Å². The first-order chi connectivity index (χ1) is 7.79. The number of hydrogen-bond donors (Lipinski definition) is 1. The number of nitrogens with zero attached hydrogens (tertiary/aromatic N) is 2. The highest BCUT2D eigenvalue weighted by atomic mass is 32.1. The zero-order valence-electron chi connectivity index (χ0n) is 9.73. The summed E-state index contributed by atoms with van der Waals surface area (Å²) in [7, 11) is 1.96. The largest absolute Gasteiger partial charge is 0.316 e. The van der Waals surface area contributed by atoms with E-state index in [4.69, 9.17) is 0 Å². The average molecular weight is 235 g/mol. The maximum atomic E-state index is 4.51. The molecular formula is C12H17N3S. The number of aromatic nitrogens is 2. The van der Waals surface area contributed by atoms with Gasteiger partial charge in [-0.1, -0.05) is 6.07 Å². The summed E-state index contributed by atoms with van der Waals surface area (Å²) in [4.78, 5) is 1.42. The monoisotopic (exact) mass is 235 g/mol. The lowest BCUT2D eigenvalue weighted by Crippen LogP contribution is -2.05. The number of nitrogens with one attached hydrogen (secondary N) is 1. The molecule has 0 fully saturated rings. The van der Waals surface area contributed by atoms with Crippen LogP contribution in [0.2, 0.25) is 0 Å². The van der Waals surface area contributed by atoms with Crippen molar-refractivity contribution in [3.05, 3.63) is 39.8 Å². The molecule has 3 nitrogen and oxygen atoms in total. The molecule has 0 aliphatic carbocycles. The van der Waals surface area contributed by atoms with E-state index in [-0.39, 0.29) is 0 Å². The van der Waals surface area contributed by atoms with Gasteiger partial charge in [-0.25, -0.2) is 0 Å². The van der Waals surface area contributed by atoms with E-state index in [2.05, 4.69) is 41.0 Å². The Balaban J connectivity index is 1.97. The SMILES string of the molecule is CNCc1cn(CCc2cccs2)nc1C. The Hall–Kier alpha value is -1.13. The minimum atomic E-state index is 0.894. The predicted molar refractivity (Wildman–Crippen MR) is 67.8 cm³/mol. The van der Waals surface area contributed by atoms with E-state index >= 15 is 0 Å². The number of rotatable bonds is 5. The molecule has 2 aromatic heterocycles. The molecule has 1 N–H and O–H groups in total. The third kappa shape index (κ3) is 2.71. The van der Waals surface area contributed by atoms with Crippen LogP contribution in [0.3, 0.4) is 0 Å². The van der Waals surface area contributed by atoms with Crippen molar-refractivity contribution in [3.8, 4) is 0 Å². The fourth-order valence-corrected chi connectivity index (χ4v) is 2.42.